The van der Waals surface area contributed by atoms with Crippen molar-refractivity contribution in [2.24, 2.45) is 5.92 Å². The number of carbonyl (C=O) groups excluding carboxylic acids is 3. The average molecular weight is 433 g/mol. The van der Waals surface area contributed by atoms with Gasteiger partial charge in [0.05, 0.1) is 18.1 Å². The van der Waals surface area contributed by atoms with E-state index in [1.165, 1.54) is 11.0 Å². The second-order valence-corrected chi connectivity index (χ2v) is 7.73. The number of amides is 2. The number of anilines is 1. The van der Waals surface area contributed by atoms with Crippen molar-refractivity contribution in [3.8, 4) is 0 Å². The third kappa shape index (κ3) is 3.80. The van der Waals surface area contributed by atoms with Crippen LogP contribution < -0.4 is 5.32 Å². The maximum Gasteiger partial charge on any atom is 0.355 e. The Bertz CT molecular complexity index is 1090. The summed E-state index contributed by atoms with van der Waals surface area (Å²) in [5, 5.41) is 12.8. The molecule has 32 heavy (non-hydrogen) atoms. The zero-order valence-corrected chi connectivity index (χ0v) is 17.5. The van der Waals surface area contributed by atoms with Crippen LogP contribution in [0.4, 0.5) is 5.69 Å². The van der Waals surface area contributed by atoms with E-state index in [0.29, 0.717) is 23.2 Å². The van der Waals surface area contributed by atoms with Crippen molar-refractivity contribution in [1.82, 2.24) is 9.88 Å². The summed E-state index contributed by atoms with van der Waals surface area (Å²) < 4.78 is 5.22. The van der Waals surface area contributed by atoms with Gasteiger partial charge in [-0.2, -0.15) is 0 Å². The van der Waals surface area contributed by atoms with E-state index in [1.807, 2.05) is 0 Å². The van der Waals surface area contributed by atoms with Crippen LogP contribution in [-0.2, 0) is 14.3 Å². The Morgan fingerprint density at radius 3 is 2.59 bits per heavy atom. The van der Waals surface area contributed by atoms with Gasteiger partial charge in [-0.05, 0) is 48.7 Å². The highest BCUT2D eigenvalue weighted by Gasteiger charge is 2.57. The van der Waals surface area contributed by atoms with E-state index in [0.717, 1.165) is 5.56 Å². The first kappa shape index (κ1) is 21.5. The first-order valence-corrected chi connectivity index (χ1v) is 10.3. The SMILES string of the molecule is C=CCOC(=O)C1=C(c2ccc(NC(=O)c3ccncc3)cc2)C[C@@H]2[C@@H]([C@@H](C)O)C(=O)N12. The Labute approximate surface area is 185 Å². The van der Waals surface area contributed by atoms with Gasteiger partial charge in [0.25, 0.3) is 5.91 Å². The third-order valence-corrected chi connectivity index (χ3v) is 5.69. The smallest absolute Gasteiger partial charge is 0.355 e. The van der Waals surface area contributed by atoms with Gasteiger partial charge in [-0.1, -0.05) is 24.8 Å². The highest BCUT2D eigenvalue weighted by molar-refractivity contribution is 6.07. The third-order valence-electron chi connectivity index (χ3n) is 5.69. The number of rotatable bonds is 7. The average Bonchev–Trinajstić information content (AvgIpc) is 3.13. The molecule has 2 aromatic rings. The van der Waals surface area contributed by atoms with Gasteiger partial charge in [-0.15, -0.1) is 0 Å². The molecule has 2 aliphatic rings. The van der Waals surface area contributed by atoms with E-state index in [-0.39, 0.29) is 30.2 Å². The number of hydrogen-bond donors (Lipinski definition) is 2. The number of hydrogen-bond acceptors (Lipinski definition) is 6. The molecule has 0 spiro atoms. The van der Waals surface area contributed by atoms with Crippen molar-refractivity contribution in [2.45, 2.75) is 25.5 Å². The van der Waals surface area contributed by atoms with Gasteiger partial charge in [0.15, 0.2) is 0 Å². The summed E-state index contributed by atoms with van der Waals surface area (Å²) in [6.45, 7) is 5.15. The molecular formula is C24H23N3O5. The number of aromatic nitrogens is 1. The van der Waals surface area contributed by atoms with Crippen LogP contribution >= 0.6 is 0 Å². The first-order valence-electron chi connectivity index (χ1n) is 10.3. The summed E-state index contributed by atoms with van der Waals surface area (Å²) >= 11 is 0. The fraction of sp³-hybridized carbons (Fsp3) is 0.250. The summed E-state index contributed by atoms with van der Waals surface area (Å²) in [6, 6.07) is 9.99. The van der Waals surface area contributed by atoms with Crippen molar-refractivity contribution in [3.63, 3.8) is 0 Å². The van der Waals surface area contributed by atoms with Gasteiger partial charge >= 0.3 is 5.97 Å². The molecule has 0 saturated carbocycles. The van der Waals surface area contributed by atoms with E-state index < -0.39 is 18.0 Å². The minimum Gasteiger partial charge on any atom is -0.457 e. The molecule has 0 aliphatic carbocycles. The Morgan fingerprint density at radius 2 is 1.97 bits per heavy atom. The zero-order chi connectivity index (χ0) is 22.8. The molecule has 1 fully saturated rings. The highest BCUT2D eigenvalue weighted by Crippen LogP contribution is 2.47. The summed E-state index contributed by atoms with van der Waals surface area (Å²) in [6.07, 6.45) is 4.18. The Hall–Kier alpha value is -3.78. The number of carbonyl (C=O) groups is 3. The van der Waals surface area contributed by atoms with Crippen LogP contribution in [0.1, 0.15) is 29.3 Å². The second-order valence-electron chi connectivity index (χ2n) is 7.73. The van der Waals surface area contributed by atoms with Gasteiger partial charge in [0, 0.05) is 23.6 Å². The number of nitrogens with one attached hydrogen (secondary N) is 1. The number of β-lactam (4-membered cyclic amide) rings is 1. The summed E-state index contributed by atoms with van der Waals surface area (Å²) in [5.41, 5.74) is 2.69. The van der Waals surface area contributed by atoms with E-state index >= 15 is 0 Å². The van der Waals surface area contributed by atoms with Crippen molar-refractivity contribution in [2.75, 3.05) is 11.9 Å². The number of ether oxygens (including phenoxy) is 1. The lowest BCUT2D eigenvalue weighted by Crippen LogP contribution is -2.61. The zero-order valence-electron chi connectivity index (χ0n) is 17.5. The molecule has 0 radical (unpaired) electrons. The van der Waals surface area contributed by atoms with Crippen molar-refractivity contribution >= 4 is 29.0 Å². The summed E-state index contributed by atoms with van der Waals surface area (Å²) in [7, 11) is 0. The molecule has 1 aromatic carbocycles. The van der Waals surface area contributed by atoms with Crippen molar-refractivity contribution in [1.29, 1.82) is 0 Å². The molecule has 2 aliphatic heterocycles. The number of benzene rings is 1. The lowest BCUT2D eigenvalue weighted by molar-refractivity contribution is -0.162. The lowest BCUT2D eigenvalue weighted by atomic mass is 9.82. The molecule has 0 bridgehead atoms. The molecule has 2 amide bonds. The molecule has 0 unspecified atom stereocenters. The van der Waals surface area contributed by atoms with Crippen LogP contribution in [0.5, 0.6) is 0 Å². The molecule has 1 saturated heterocycles. The van der Waals surface area contributed by atoms with Crippen molar-refractivity contribution in [3.05, 3.63) is 78.3 Å². The van der Waals surface area contributed by atoms with Crippen LogP contribution in [0, 0.1) is 5.92 Å². The molecule has 4 rings (SSSR count). The summed E-state index contributed by atoms with van der Waals surface area (Å²) in [5.74, 6) is -1.70. The molecule has 3 heterocycles. The normalized spacial score (nSPS) is 20.3. The molecule has 2 N–H and O–H groups in total. The minimum atomic E-state index is -0.806. The van der Waals surface area contributed by atoms with Gasteiger partial charge in [-0.3, -0.25) is 14.6 Å². The lowest BCUT2D eigenvalue weighted by Gasteiger charge is -2.44. The monoisotopic (exact) mass is 433 g/mol. The maximum atomic E-state index is 12.7. The quantitative estimate of drug-likeness (QED) is 0.394. The number of pyridine rings is 1. The van der Waals surface area contributed by atoms with Gasteiger partial charge < -0.3 is 20.1 Å². The number of fused-ring (bicyclic) bond motifs is 1. The van der Waals surface area contributed by atoms with Gasteiger partial charge in [-0.25, -0.2) is 4.79 Å². The molecular weight excluding hydrogens is 410 g/mol. The molecule has 3 atom stereocenters. The number of aliphatic hydroxyl groups is 1. The Kier molecular flexibility index (Phi) is 5.87. The van der Waals surface area contributed by atoms with E-state index in [9.17, 15) is 19.5 Å². The minimum absolute atomic E-state index is 0.0299. The van der Waals surface area contributed by atoms with Crippen LogP contribution in [0.25, 0.3) is 5.57 Å². The number of aliphatic hydroxyl groups excluding tert-OH is 1. The Morgan fingerprint density at radius 1 is 1.28 bits per heavy atom. The fourth-order valence-electron chi connectivity index (χ4n) is 4.18. The first-order chi connectivity index (χ1) is 15.4. The van der Waals surface area contributed by atoms with E-state index in [2.05, 4.69) is 16.9 Å². The van der Waals surface area contributed by atoms with Crippen LogP contribution in [0.3, 0.4) is 0 Å². The molecule has 8 heteroatoms. The fourth-order valence-corrected chi connectivity index (χ4v) is 4.18. The standard InChI is InChI=1S/C24H23N3O5/c1-3-12-32-24(31)21-18(13-19-20(14(2)28)23(30)27(19)21)15-4-6-17(7-5-15)26-22(29)16-8-10-25-11-9-16/h3-11,14,19-20,28H,1,12-13H2,2H3,(H,26,29)/t14-,19-,20-/m1/s1. The molecule has 8 nitrogen and oxygen atoms in total. The van der Waals surface area contributed by atoms with E-state index in [1.54, 1.807) is 55.7 Å². The van der Waals surface area contributed by atoms with Crippen molar-refractivity contribution < 1.29 is 24.2 Å². The predicted molar refractivity (Wildman–Crippen MR) is 117 cm³/mol. The van der Waals surface area contributed by atoms with Crippen LogP contribution in [0.15, 0.2) is 67.1 Å². The van der Waals surface area contributed by atoms with Crippen LogP contribution in [-0.4, -0.2) is 51.5 Å². The van der Waals surface area contributed by atoms with E-state index in [4.69, 9.17) is 4.74 Å². The van der Waals surface area contributed by atoms with Crippen LogP contribution in [0.2, 0.25) is 0 Å². The molecule has 164 valence electrons. The number of nitrogens with zero attached hydrogens (tertiary/aromatic N) is 2. The maximum absolute atomic E-state index is 12.7. The number of esters is 1. The Balaban J connectivity index is 1.59. The van der Waals surface area contributed by atoms with Gasteiger partial charge in [0.2, 0.25) is 5.91 Å². The topological polar surface area (TPSA) is 109 Å². The second kappa shape index (κ2) is 8.76. The largest absolute Gasteiger partial charge is 0.457 e. The predicted octanol–water partition coefficient (Wildman–Crippen LogP) is 2.39. The highest BCUT2D eigenvalue weighted by atomic mass is 16.5. The summed E-state index contributed by atoms with van der Waals surface area (Å²) in [4.78, 5) is 43.0. The molecule has 1 aromatic heterocycles. The van der Waals surface area contributed by atoms with Gasteiger partial charge in [0.1, 0.15) is 12.3 Å².